The molecule has 0 spiro atoms. The number of fused-ring (bicyclic) bond motifs is 1. The quantitative estimate of drug-likeness (QED) is 0.563. The average molecular weight is 365 g/mol. The molecule has 136 valence electrons. The first-order valence-corrected chi connectivity index (χ1v) is 8.35. The molecule has 0 saturated heterocycles. The van der Waals surface area contributed by atoms with Gasteiger partial charge in [0.2, 0.25) is 6.33 Å². The zero-order valence-electron chi connectivity index (χ0n) is 15.2. The standard InChI is InChI=1S/C20H18FN4O2/c1-12-8-14-9-17(26-2)18(27-3)10-16(14)19(13-4-6-15(21)7-5-13)25(12)20-22-11-23-24-20/h4-11H,1-3H3,(H,22,23,24)/q+1. The van der Waals surface area contributed by atoms with Gasteiger partial charge in [0.25, 0.3) is 0 Å². The van der Waals surface area contributed by atoms with Crippen LogP contribution in [0.15, 0.2) is 48.8 Å². The summed E-state index contributed by atoms with van der Waals surface area (Å²) in [6.45, 7) is 1.98. The Balaban J connectivity index is 2.14. The molecule has 0 fully saturated rings. The highest BCUT2D eigenvalue weighted by molar-refractivity contribution is 5.95. The van der Waals surface area contributed by atoms with Crippen LogP contribution in [-0.2, 0) is 0 Å². The van der Waals surface area contributed by atoms with Crippen LogP contribution in [0.2, 0.25) is 0 Å². The van der Waals surface area contributed by atoms with Crippen LogP contribution < -0.4 is 14.0 Å². The van der Waals surface area contributed by atoms with Crippen LogP contribution in [0, 0.1) is 12.7 Å². The number of hydrogen-bond acceptors (Lipinski definition) is 4. The molecule has 6 nitrogen and oxygen atoms in total. The molecule has 4 aromatic rings. The van der Waals surface area contributed by atoms with E-state index >= 15 is 0 Å². The van der Waals surface area contributed by atoms with Crippen LogP contribution in [0.5, 0.6) is 11.5 Å². The van der Waals surface area contributed by atoms with E-state index in [2.05, 4.69) is 15.2 Å². The van der Waals surface area contributed by atoms with Crippen LogP contribution >= 0.6 is 0 Å². The summed E-state index contributed by atoms with van der Waals surface area (Å²) in [6.07, 6.45) is 1.45. The Morgan fingerprint density at radius 3 is 2.33 bits per heavy atom. The molecular formula is C20H18FN4O2+. The molecule has 0 unspecified atom stereocenters. The number of pyridine rings is 1. The zero-order valence-corrected chi connectivity index (χ0v) is 15.2. The molecule has 2 heterocycles. The summed E-state index contributed by atoms with van der Waals surface area (Å²) in [6, 6.07) is 12.2. The lowest BCUT2D eigenvalue weighted by Gasteiger charge is -2.15. The van der Waals surface area contributed by atoms with Gasteiger partial charge in [0.1, 0.15) is 11.5 Å². The lowest BCUT2D eigenvalue weighted by atomic mass is 10.0. The number of H-pyrrole nitrogens is 1. The van der Waals surface area contributed by atoms with Crippen molar-refractivity contribution >= 4 is 10.8 Å². The topological polar surface area (TPSA) is 63.9 Å². The summed E-state index contributed by atoms with van der Waals surface area (Å²) in [5.41, 5.74) is 2.63. The Morgan fingerprint density at radius 2 is 1.70 bits per heavy atom. The zero-order chi connectivity index (χ0) is 19.0. The molecule has 0 aliphatic rings. The van der Waals surface area contributed by atoms with E-state index in [4.69, 9.17) is 9.47 Å². The highest BCUT2D eigenvalue weighted by atomic mass is 19.1. The molecule has 2 aromatic heterocycles. The second kappa shape index (κ2) is 6.68. The van der Waals surface area contributed by atoms with E-state index in [0.29, 0.717) is 17.4 Å². The number of nitrogens with one attached hydrogen (secondary N) is 1. The Hall–Kier alpha value is -3.48. The third-order valence-electron chi connectivity index (χ3n) is 4.48. The SMILES string of the molecule is COc1cc2cc(C)[n+](-c3ncn[nH]3)c(-c3ccc(F)cc3)c2cc1OC. The maximum Gasteiger partial charge on any atom is 0.422 e. The number of rotatable bonds is 4. The monoisotopic (exact) mass is 365 g/mol. The molecule has 0 aliphatic carbocycles. The van der Waals surface area contributed by atoms with Gasteiger partial charge in [0.05, 0.1) is 19.9 Å². The van der Waals surface area contributed by atoms with Crippen molar-refractivity contribution < 1.29 is 18.4 Å². The van der Waals surface area contributed by atoms with Crippen molar-refractivity contribution in [3.63, 3.8) is 0 Å². The molecular weight excluding hydrogens is 347 g/mol. The largest absolute Gasteiger partial charge is 0.493 e. The molecule has 0 bridgehead atoms. The summed E-state index contributed by atoms with van der Waals surface area (Å²) in [5, 5.41) is 8.76. The van der Waals surface area contributed by atoms with Crippen LogP contribution in [0.3, 0.4) is 0 Å². The molecule has 0 radical (unpaired) electrons. The maximum atomic E-state index is 13.5. The van der Waals surface area contributed by atoms with Crippen LogP contribution in [0.4, 0.5) is 4.39 Å². The van der Waals surface area contributed by atoms with Crippen molar-refractivity contribution in [2.45, 2.75) is 6.92 Å². The van der Waals surface area contributed by atoms with Crippen molar-refractivity contribution in [1.29, 1.82) is 0 Å². The van der Waals surface area contributed by atoms with Gasteiger partial charge in [-0.15, -0.1) is 0 Å². The highest BCUT2D eigenvalue weighted by Gasteiger charge is 2.22. The predicted octanol–water partition coefficient (Wildman–Crippen LogP) is 3.37. The molecule has 0 saturated carbocycles. The first-order valence-electron chi connectivity index (χ1n) is 8.35. The number of aryl methyl sites for hydroxylation is 1. The summed E-state index contributed by atoms with van der Waals surface area (Å²) < 4.78 is 26.4. The van der Waals surface area contributed by atoms with Gasteiger partial charge in [-0.1, -0.05) is 10.1 Å². The minimum absolute atomic E-state index is 0.291. The van der Waals surface area contributed by atoms with Crippen molar-refractivity contribution in [2.75, 3.05) is 14.2 Å². The smallest absolute Gasteiger partial charge is 0.422 e. The van der Waals surface area contributed by atoms with E-state index in [0.717, 1.165) is 27.7 Å². The molecule has 2 aromatic carbocycles. The number of hydrogen-bond donors (Lipinski definition) is 1. The Bertz CT molecular complexity index is 1110. The van der Waals surface area contributed by atoms with E-state index in [1.165, 1.54) is 18.5 Å². The van der Waals surface area contributed by atoms with E-state index in [-0.39, 0.29) is 5.82 Å². The lowest BCUT2D eigenvalue weighted by molar-refractivity contribution is -0.597. The van der Waals surface area contributed by atoms with E-state index < -0.39 is 0 Å². The summed E-state index contributed by atoms with van der Waals surface area (Å²) in [5.74, 6) is 1.54. The van der Waals surface area contributed by atoms with Crippen molar-refractivity contribution in [2.24, 2.45) is 0 Å². The van der Waals surface area contributed by atoms with Gasteiger partial charge in [-0.05, 0) is 54.8 Å². The summed E-state index contributed by atoms with van der Waals surface area (Å²) >= 11 is 0. The fourth-order valence-electron chi connectivity index (χ4n) is 3.28. The fourth-order valence-corrected chi connectivity index (χ4v) is 3.28. The predicted molar refractivity (Wildman–Crippen MR) is 98.7 cm³/mol. The summed E-state index contributed by atoms with van der Waals surface area (Å²) in [7, 11) is 3.20. The fraction of sp³-hybridized carbons (Fsp3) is 0.150. The van der Waals surface area contributed by atoms with Gasteiger partial charge in [-0.25, -0.2) is 4.39 Å². The second-order valence-corrected chi connectivity index (χ2v) is 6.08. The van der Waals surface area contributed by atoms with Crippen LogP contribution in [0.1, 0.15) is 5.69 Å². The van der Waals surface area contributed by atoms with E-state index in [1.54, 1.807) is 26.4 Å². The van der Waals surface area contributed by atoms with E-state index in [9.17, 15) is 4.39 Å². The number of ether oxygens (including phenoxy) is 2. The maximum absolute atomic E-state index is 13.5. The molecule has 0 aliphatic heterocycles. The van der Waals surface area contributed by atoms with Gasteiger partial charge < -0.3 is 9.47 Å². The van der Waals surface area contributed by atoms with E-state index in [1.807, 2.05) is 29.7 Å². The first-order chi connectivity index (χ1) is 13.1. The molecule has 0 atom stereocenters. The number of aromatic amines is 1. The highest BCUT2D eigenvalue weighted by Crippen LogP contribution is 2.36. The Morgan fingerprint density at radius 1 is 1.00 bits per heavy atom. The minimum atomic E-state index is -0.291. The van der Waals surface area contributed by atoms with Crippen LogP contribution in [-0.4, -0.2) is 29.4 Å². The number of aromatic nitrogens is 4. The van der Waals surface area contributed by atoms with Gasteiger partial charge in [-0.3, -0.25) is 0 Å². The van der Waals surface area contributed by atoms with Crippen molar-refractivity contribution in [3.05, 3.63) is 60.3 Å². The Kier molecular flexibility index (Phi) is 4.19. The minimum Gasteiger partial charge on any atom is -0.493 e. The number of methoxy groups -OCH3 is 2. The third-order valence-corrected chi connectivity index (χ3v) is 4.48. The van der Waals surface area contributed by atoms with Gasteiger partial charge in [-0.2, -0.15) is 9.67 Å². The first kappa shape index (κ1) is 17.0. The van der Waals surface area contributed by atoms with Crippen molar-refractivity contribution in [1.82, 2.24) is 15.2 Å². The number of halogens is 1. The van der Waals surface area contributed by atoms with Gasteiger partial charge >= 0.3 is 5.95 Å². The summed E-state index contributed by atoms with van der Waals surface area (Å²) in [4.78, 5) is 4.30. The number of benzene rings is 2. The normalized spacial score (nSPS) is 11.0. The molecule has 4 rings (SSSR count). The second-order valence-electron chi connectivity index (χ2n) is 6.08. The Labute approximate surface area is 155 Å². The molecule has 27 heavy (non-hydrogen) atoms. The van der Waals surface area contributed by atoms with Crippen molar-refractivity contribution in [3.8, 4) is 28.7 Å². The molecule has 7 heteroatoms. The third kappa shape index (κ3) is 2.87. The molecule has 1 N–H and O–H groups in total. The lowest BCUT2D eigenvalue weighted by Crippen LogP contribution is -2.38. The number of nitrogens with zero attached hydrogens (tertiary/aromatic N) is 3. The van der Waals surface area contributed by atoms with Gasteiger partial charge in [0.15, 0.2) is 11.5 Å². The average Bonchev–Trinajstić information content (AvgIpc) is 3.21. The molecule has 0 amide bonds. The van der Waals surface area contributed by atoms with Crippen LogP contribution in [0.25, 0.3) is 28.0 Å². The van der Waals surface area contributed by atoms with Gasteiger partial charge in [0, 0.05) is 10.9 Å².